The van der Waals surface area contributed by atoms with E-state index in [-0.39, 0.29) is 5.82 Å². The normalized spacial score (nSPS) is 20.6. The van der Waals surface area contributed by atoms with Crippen LogP contribution in [0, 0.1) is 5.82 Å². The fourth-order valence-electron chi connectivity index (χ4n) is 2.47. The summed E-state index contributed by atoms with van der Waals surface area (Å²) in [5.41, 5.74) is 1.18. The first-order valence-electron chi connectivity index (χ1n) is 7.11. The predicted molar refractivity (Wildman–Crippen MR) is 76.9 cm³/mol. The van der Waals surface area contributed by atoms with Gasteiger partial charge in [-0.1, -0.05) is 12.1 Å². The van der Waals surface area contributed by atoms with Gasteiger partial charge < -0.3 is 15.5 Å². The highest BCUT2D eigenvalue weighted by Crippen LogP contribution is 2.03. The molecule has 2 rings (SSSR count). The summed E-state index contributed by atoms with van der Waals surface area (Å²) in [7, 11) is 2.18. The van der Waals surface area contributed by atoms with E-state index in [9.17, 15) is 4.39 Å². The maximum absolute atomic E-state index is 12.7. The average Bonchev–Trinajstić information content (AvgIpc) is 2.41. The Morgan fingerprint density at radius 1 is 1.32 bits per heavy atom. The van der Waals surface area contributed by atoms with Crippen LogP contribution in [-0.2, 0) is 6.42 Å². The lowest BCUT2D eigenvalue weighted by Gasteiger charge is -2.30. The van der Waals surface area contributed by atoms with Crippen LogP contribution in [0.2, 0.25) is 0 Å². The molecule has 1 aliphatic heterocycles. The summed E-state index contributed by atoms with van der Waals surface area (Å²) in [5.74, 6) is -0.163. The second kappa shape index (κ2) is 7.58. The van der Waals surface area contributed by atoms with Gasteiger partial charge in [-0.25, -0.2) is 4.39 Å². The van der Waals surface area contributed by atoms with E-state index in [0.717, 1.165) is 45.6 Å². The van der Waals surface area contributed by atoms with E-state index >= 15 is 0 Å². The van der Waals surface area contributed by atoms with Crippen molar-refractivity contribution >= 4 is 0 Å². The quantitative estimate of drug-likeness (QED) is 0.758. The zero-order valence-corrected chi connectivity index (χ0v) is 11.7. The second-order valence-corrected chi connectivity index (χ2v) is 5.33. The van der Waals surface area contributed by atoms with Gasteiger partial charge in [-0.15, -0.1) is 0 Å². The van der Waals surface area contributed by atoms with Crippen LogP contribution in [0.3, 0.4) is 0 Å². The molecule has 0 aromatic heterocycles. The van der Waals surface area contributed by atoms with Gasteiger partial charge in [0.05, 0.1) is 0 Å². The Morgan fingerprint density at radius 2 is 2.11 bits per heavy atom. The molecule has 0 spiro atoms. The molecule has 0 aliphatic carbocycles. The molecule has 0 bridgehead atoms. The maximum Gasteiger partial charge on any atom is 0.123 e. The van der Waals surface area contributed by atoms with Gasteiger partial charge in [-0.3, -0.25) is 0 Å². The third-order valence-electron chi connectivity index (χ3n) is 3.63. The van der Waals surface area contributed by atoms with Crippen molar-refractivity contribution in [3.63, 3.8) is 0 Å². The molecule has 1 atom stereocenters. The van der Waals surface area contributed by atoms with Gasteiger partial charge in [0.2, 0.25) is 0 Å². The van der Waals surface area contributed by atoms with Crippen molar-refractivity contribution in [3.8, 4) is 0 Å². The standard InChI is InChI=1S/C15H24FN3/c1-19-11-10-18-15(12-19)7-9-17-8-6-13-2-4-14(16)5-3-13/h2-5,15,17-18H,6-12H2,1H3. The summed E-state index contributed by atoms with van der Waals surface area (Å²) >= 11 is 0. The second-order valence-electron chi connectivity index (χ2n) is 5.33. The van der Waals surface area contributed by atoms with Crippen molar-refractivity contribution in [1.29, 1.82) is 0 Å². The van der Waals surface area contributed by atoms with Crippen molar-refractivity contribution < 1.29 is 4.39 Å². The molecule has 3 nitrogen and oxygen atoms in total. The molecule has 4 heteroatoms. The SMILES string of the molecule is CN1CCNC(CCNCCc2ccc(F)cc2)C1. The monoisotopic (exact) mass is 265 g/mol. The van der Waals surface area contributed by atoms with Crippen LogP contribution in [0.4, 0.5) is 4.39 Å². The fraction of sp³-hybridized carbons (Fsp3) is 0.600. The van der Waals surface area contributed by atoms with Crippen molar-refractivity contribution in [2.24, 2.45) is 0 Å². The molecule has 1 aromatic carbocycles. The molecule has 1 aliphatic rings. The third kappa shape index (κ3) is 5.27. The predicted octanol–water partition coefficient (Wildman–Crippen LogP) is 1.25. The van der Waals surface area contributed by atoms with E-state index < -0.39 is 0 Å². The molecule has 0 amide bonds. The summed E-state index contributed by atoms with van der Waals surface area (Å²) in [6.07, 6.45) is 2.12. The number of likely N-dealkylation sites (N-methyl/N-ethyl adjacent to an activating group) is 1. The van der Waals surface area contributed by atoms with Gasteiger partial charge in [0, 0.05) is 25.7 Å². The number of hydrogen-bond acceptors (Lipinski definition) is 3. The first kappa shape index (κ1) is 14.4. The Bertz CT molecular complexity index is 366. The molecule has 1 heterocycles. The van der Waals surface area contributed by atoms with Crippen LogP contribution in [0.5, 0.6) is 0 Å². The Balaban J connectivity index is 1.55. The van der Waals surface area contributed by atoms with Crippen LogP contribution < -0.4 is 10.6 Å². The van der Waals surface area contributed by atoms with Gasteiger partial charge in [-0.05, 0) is 50.7 Å². The summed E-state index contributed by atoms with van der Waals surface area (Å²) in [4.78, 5) is 2.37. The Hall–Kier alpha value is -0.970. The summed E-state index contributed by atoms with van der Waals surface area (Å²) in [6, 6.07) is 7.37. The van der Waals surface area contributed by atoms with Crippen molar-refractivity contribution in [2.45, 2.75) is 18.9 Å². The third-order valence-corrected chi connectivity index (χ3v) is 3.63. The Kier molecular flexibility index (Phi) is 5.76. The van der Waals surface area contributed by atoms with E-state index in [2.05, 4.69) is 22.6 Å². The molecule has 2 N–H and O–H groups in total. The minimum atomic E-state index is -0.163. The van der Waals surface area contributed by atoms with Crippen LogP contribution >= 0.6 is 0 Å². The topological polar surface area (TPSA) is 27.3 Å². The number of rotatable bonds is 6. The maximum atomic E-state index is 12.7. The highest BCUT2D eigenvalue weighted by molar-refractivity contribution is 5.16. The largest absolute Gasteiger partial charge is 0.316 e. The van der Waals surface area contributed by atoms with Gasteiger partial charge in [-0.2, -0.15) is 0 Å². The lowest BCUT2D eigenvalue weighted by molar-refractivity contribution is 0.231. The van der Waals surface area contributed by atoms with Gasteiger partial charge in [0.15, 0.2) is 0 Å². The summed E-state index contributed by atoms with van der Waals surface area (Å²) < 4.78 is 12.7. The lowest BCUT2D eigenvalue weighted by atomic mass is 10.1. The molecular weight excluding hydrogens is 241 g/mol. The minimum absolute atomic E-state index is 0.163. The smallest absolute Gasteiger partial charge is 0.123 e. The number of nitrogens with one attached hydrogen (secondary N) is 2. The number of piperazine rings is 1. The molecule has 1 unspecified atom stereocenters. The number of nitrogens with zero attached hydrogens (tertiary/aromatic N) is 1. The Morgan fingerprint density at radius 3 is 2.84 bits per heavy atom. The van der Waals surface area contributed by atoms with Crippen LogP contribution in [0.25, 0.3) is 0 Å². The summed E-state index contributed by atoms with van der Waals surface area (Å²) in [5, 5.41) is 7.00. The fourth-order valence-corrected chi connectivity index (χ4v) is 2.47. The highest BCUT2D eigenvalue weighted by atomic mass is 19.1. The zero-order chi connectivity index (χ0) is 13.5. The number of halogens is 1. The van der Waals surface area contributed by atoms with Crippen molar-refractivity contribution in [2.75, 3.05) is 39.8 Å². The molecule has 1 saturated heterocycles. The first-order valence-corrected chi connectivity index (χ1v) is 7.11. The van der Waals surface area contributed by atoms with Gasteiger partial charge in [0.1, 0.15) is 5.82 Å². The zero-order valence-electron chi connectivity index (χ0n) is 11.7. The van der Waals surface area contributed by atoms with E-state index in [1.165, 1.54) is 17.7 Å². The van der Waals surface area contributed by atoms with Crippen LogP contribution in [-0.4, -0.2) is 50.7 Å². The molecule has 0 radical (unpaired) electrons. The number of benzene rings is 1. The van der Waals surface area contributed by atoms with E-state index in [4.69, 9.17) is 0 Å². The van der Waals surface area contributed by atoms with E-state index in [0.29, 0.717) is 6.04 Å². The molecule has 1 fully saturated rings. The van der Waals surface area contributed by atoms with E-state index in [1.54, 1.807) is 0 Å². The molecule has 0 saturated carbocycles. The number of hydrogen-bond donors (Lipinski definition) is 2. The Labute approximate surface area is 115 Å². The van der Waals surface area contributed by atoms with Gasteiger partial charge >= 0.3 is 0 Å². The molecule has 19 heavy (non-hydrogen) atoms. The lowest BCUT2D eigenvalue weighted by Crippen LogP contribution is -2.49. The van der Waals surface area contributed by atoms with Gasteiger partial charge in [0.25, 0.3) is 0 Å². The van der Waals surface area contributed by atoms with Crippen LogP contribution in [0.1, 0.15) is 12.0 Å². The van der Waals surface area contributed by atoms with Crippen molar-refractivity contribution in [1.82, 2.24) is 15.5 Å². The molecular formula is C15H24FN3. The summed E-state index contributed by atoms with van der Waals surface area (Å²) in [6.45, 7) is 5.37. The van der Waals surface area contributed by atoms with Crippen molar-refractivity contribution in [3.05, 3.63) is 35.6 Å². The molecule has 106 valence electrons. The van der Waals surface area contributed by atoms with Crippen LogP contribution in [0.15, 0.2) is 24.3 Å². The first-order chi connectivity index (χ1) is 9.24. The van der Waals surface area contributed by atoms with E-state index in [1.807, 2.05) is 12.1 Å². The average molecular weight is 265 g/mol. The minimum Gasteiger partial charge on any atom is -0.316 e. The highest BCUT2D eigenvalue weighted by Gasteiger charge is 2.15. The molecule has 1 aromatic rings.